The highest BCUT2D eigenvalue weighted by atomic mass is 32.2. The predicted molar refractivity (Wildman–Crippen MR) is 78.2 cm³/mol. The number of benzene rings is 2. The third kappa shape index (κ3) is 4.08. The summed E-state index contributed by atoms with van der Waals surface area (Å²) in [6.07, 6.45) is 0. The monoisotopic (exact) mass is 291 g/mol. The van der Waals surface area contributed by atoms with Crippen LogP contribution in [0.4, 0.5) is 0 Å². The normalized spacial score (nSPS) is 12.8. The molecule has 0 heterocycles. The fourth-order valence-electron chi connectivity index (χ4n) is 1.70. The van der Waals surface area contributed by atoms with Gasteiger partial charge in [-0.25, -0.2) is 13.1 Å². The van der Waals surface area contributed by atoms with E-state index < -0.39 is 10.0 Å². The first kappa shape index (κ1) is 14.6. The average Bonchev–Trinajstić information content (AvgIpc) is 2.47. The van der Waals surface area contributed by atoms with Gasteiger partial charge in [-0.05, 0) is 31.2 Å². The van der Waals surface area contributed by atoms with Crippen LogP contribution in [-0.4, -0.2) is 21.1 Å². The summed E-state index contributed by atoms with van der Waals surface area (Å²) in [6.45, 7) is 2.04. The predicted octanol–water partition coefficient (Wildman–Crippen LogP) is 2.43. The molecule has 106 valence electrons. The first-order chi connectivity index (χ1) is 9.58. The number of ether oxygens (including phenoxy) is 1. The van der Waals surface area contributed by atoms with E-state index in [1.165, 1.54) is 0 Å². The number of hydrogen-bond donors (Lipinski definition) is 1. The molecule has 0 saturated carbocycles. The molecule has 0 aliphatic heterocycles. The molecule has 0 spiro atoms. The summed E-state index contributed by atoms with van der Waals surface area (Å²) in [6, 6.07) is 17.3. The molecule has 1 atom stereocenters. The lowest BCUT2D eigenvalue weighted by Crippen LogP contribution is -2.36. The zero-order valence-electron chi connectivity index (χ0n) is 11.2. The SMILES string of the molecule is C[C@H](COc1ccccc1)NS(=O)(=O)c1ccccc1. The maximum atomic E-state index is 12.1. The van der Waals surface area contributed by atoms with Crippen molar-refractivity contribution in [3.05, 3.63) is 60.7 Å². The third-order valence-electron chi connectivity index (χ3n) is 2.65. The lowest BCUT2D eigenvalue weighted by molar-refractivity contribution is 0.287. The van der Waals surface area contributed by atoms with Gasteiger partial charge in [-0.3, -0.25) is 0 Å². The van der Waals surface area contributed by atoms with Gasteiger partial charge in [-0.2, -0.15) is 0 Å². The zero-order chi connectivity index (χ0) is 14.4. The average molecular weight is 291 g/mol. The van der Waals surface area contributed by atoms with Crippen LogP contribution in [0.5, 0.6) is 5.75 Å². The Morgan fingerprint density at radius 3 is 2.15 bits per heavy atom. The molecule has 20 heavy (non-hydrogen) atoms. The van der Waals surface area contributed by atoms with Gasteiger partial charge in [0.1, 0.15) is 12.4 Å². The smallest absolute Gasteiger partial charge is 0.240 e. The van der Waals surface area contributed by atoms with Crippen LogP contribution in [-0.2, 0) is 10.0 Å². The molecule has 1 N–H and O–H groups in total. The largest absolute Gasteiger partial charge is 0.492 e. The van der Waals surface area contributed by atoms with Gasteiger partial charge in [0.25, 0.3) is 0 Å². The molecule has 4 nitrogen and oxygen atoms in total. The van der Waals surface area contributed by atoms with Crippen LogP contribution in [0.1, 0.15) is 6.92 Å². The van der Waals surface area contributed by atoms with E-state index in [9.17, 15) is 8.42 Å². The van der Waals surface area contributed by atoms with Gasteiger partial charge in [-0.1, -0.05) is 36.4 Å². The van der Waals surface area contributed by atoms with E-state index in [1.807, 2.05) is 30.3 Å². The molecule has 0 amide bonds. The summed E-state index contributed by atoms with van der Waals surface area (Å²) in [4.78, 5) is 0.256. The van der Waals surface area contributed by atoms with Gasteiger partial charge in [-0.15, -0.1) is 0 Å². The van der Waals surface area contributed by atoms with Crippen molar-refractivity contribution in [2.75, 3.05) is 6.61 Å². The molecule has 2 aromatic carbocycles. The van der Waals surface area contributed by atoms with Gasteiger partial charge >= 0.3 is 0 Å². The zero-order valence-corrected chi connectivity index (χ0v) is 12.0. The summed E-state index contributed by atoms with van der Waals surface area (Å²) >= 11 is 0. The second-order valence-electron chi connectivity index (χ2n) is 4.46. The van der Waals surface area contributed by atoms with Crippen molar-refractivity contribution in [1.82, 2.24) is 4.72 Å². The highest BCUT2D eigenvalue weighted by Crippen LogP contribution is 2.10. The van der Waals surface area contributed by atoms with Crippen LogP contribution in [0, 0.1) is 0 Å². The van der Waals surface area contributed by atoms with Crippen LogP contribution in [0.15, 0.2) is 65.6 Å². The van der Waals surface area contributed by atoms with E-state index in [-0.39, 0.29) is 17.5 Å². The Bertz CT molecular complexity index is 627. The lowest BCUT2D eigenvalue weighted by atomic mass is 10.3. The summed E-state index contributed by atoms with van der Waals surface area (Å²) in [5.74, 6) is 0.721. The molecule has 0 aromatic heterocycles. The minimum Gasteiger partial charge on any atom is -0.492 e. The highest BCUT2D eigenvalue weighted by molar-refractivity contribution is 7.89. The molecule has 2 rings (SSSR count). The topological polar surface area (TPSA) is 55.4 Å². The van der Waals surface area contributed by atoms with Crippen molar-refractivity contribution in [3.63, 3.8) is 0 Å². The molecular formula is C15H17NO3S. The summed E-state index contributed by atoms with van der Waals surface area (Å²) < 4.78 is 32.3. The summed E-state index contributed by atoms with van der Waals surface area (Å²) in [5, 5.41) is 0. The van der Waals surface area contributed by atoms with Gasteiger partial charge < -0.3 is 4.74 Å². The number of hydrogen-bond acceptors (Lipinski definition) is 3. The van der Waals surface area contributed by atoms with E-state index in [2.05, 4.69) is 4.72 Å². The van der Waals surface area contributed by atoms with E-state index >= 15 is 0 Å². The van der Waals surface area contributed by atoms with Crippen molar-refractivity contribution in [1.29, 1.82) is 0 Å². The second-order valence-corrected chi connectivity index (χ2v) is 6.17. The first-order valence-electron chi connectivity index (χ1n) is 6.33. The van der Waals surface area contributed by atoms with Crippen molar-refractivity contribution in [2.45, 2.75) is 17.9 Å². The van der Waals surface area contributed by atoms with Crippen LogP contribution in [0.3, 0.4) is 0 Å². The fourth-order valence-corrected chi connectivity index (χ4v) is 2.95. The quantitative estimate of drug-likeness (QED) is 0.889. The Balaban J connectivity index is 1.93. The Kier molecular flexibility index (Phi) is 4.76. The van der Waals surface area contributed by atoms with Crippen LogP contribution < -0.4 is 9.46 Å². The number of para-hydroxylation sites is 1. The maximum absolute atomic E-state index is 12.1. The Labute approximate surface area is 119 Å². The molecule has 0 radical (unpaired) electrons. The number of sulfonamides is 1. The minimum atomic E-state index is -3.49. The van der Waals surface area contributed by atoms with Crippen LogP contribution in [0.2, 0.25) is 0 Å². The van der Waals surface area contributed by atoms with Crippen molar-refractivity contribution in [3.8, 4) is 5.75 Å². The summed E-state index contributed by atoms with van der Waals surface area (Å²) in [7, 11) is -3.49. The standard InChI is InChI=1S/C15H17NO3S/c1-13(12-19-14-8-4-2-5-9-14)16-20(17,18)15-10-6-3-7-11-15/h2-11,13,16H,12H2,1H3/t13-/m1/s1. The molecule has 2 aromatic rings. The molecule has 0 aliphatic rings. The Hall–Kier alpha value is -1.85. The Morgan fingerprint density at radius 1 is 1.00 bits per heavy atom. The van der Waals surface area contributed by atoms with Crippen molar-refractivity contribution < 1.29 is 13.2 Å². The molecule has 0 aliphatic carbocycles. The third-order valence-corrected chi connectivity index (χ3v) is 4.26. The molecule has 0 unspecified atom stereocenters. The van der Waals surface area contributed by atoms with E-state index in [0.717, 1.165) is 5.75 Å². The summed E-state index contributed by atoms with van der Waals surface area (Å²) in [5.41, 5.74) is 0. The van der Waals surface area contributed by atoms with Gasteiger partial charge in [0.2, 0.25) is 10.0 Å². The molecule has 0 saturated heterocycles. The molecule has 5 heteroatoms. The molecular weight excluding hydrogens is 274 g/mol. The second kappa shape index (κ2) is 6.54. The fraction of sp³-hybridized carbons (Fsp3) is 0.200. The van der Waals surface area contributed by atoms with Crippen molar-refractivity contribution >= 4 is 10.0 Å². The van der Waals surface area contributed by atoms with Crippen LogP contribution >= 0.6 is 0 Å². The number of nitrogens with one attached hydrogen (secondary N) is 1. The van der Waals surface area contributed by atoms with E-state index in [4.69, 9.17) is 4.74 Å². The van der Waals surface area contributed by atoms with Gasteiger partial charge in [0.15, 0.2) is 0 Å². The van der Waals surface area contributed by atoms with Gasteiger partial charge in [0, 0.05) is 0 Å². The first-order valence-corrected chi connectivity index (χ1v) is 7.81. The minimum absolute atomic E-state index is 0.256. The molecule has 0 fully saturated rings. The lowest BCUT2D eigenvalue weighted by Gasteiger charge is -2.15. The Morgan fingerprint density at radius 2 is 1.55 bits per heavy atom. The van der Waals surface area contributed by atoms with Crippen molar-refractivity contribution in [2.24, 2.45) is 0 Å². The van der Waals surface area contributed by atoms with Crippen LogP contribution in [0.25, 0.3) is 0 Å². The van der Waals surface area contributed by atoms with E-state index in [0.29, 0.717) is 0 Å². The highest BCUT2D eigenvalue weighted by Gasteiger charge is 2.17. The maximum Gasteiger partial charge on any atom is 0.240 e. The van der Waals surface area contributed by atoms with Gasteiger partial charge in [0.05, 0.1) is 10.9 Å². The van der Waals surface area contributed by atoms with E-state index in [1.54, 1.807) is 37.3 Å². The number of rotatable bonds is 6. The molecule has 0 bridgehead atoms.